The Kier molecular flexibility index (Phi) is 4.22. The highest BCUT2D eigenvalue weighted by Gasteiger charge is 2.15. The molecular formula is C11H17N5S. The van der Waals surface area contributed by atoms with Crippen molar-refractivity contribution in [2.24, 2.45) is 0 Å². The van der Waals surface area contributed by atoms with E-state index in [1.807, 2.05) is 6.92 Å². The van der Waals surface area contributed by atoms with Crippen LogP contribution in [0.25, 0.3) is 0 Å². The highest BCUT2D eigenvalue weighted by Crippen LogP contribution is 2.08. The minimum absolute atomic E-state index is 0.0734. The molecule has 1 atom stereocenters. The van der Waals surface area contributed by atoms with E-state index in [9.17, 15) is 0 Å². The molecular weight excluding hydrogens is 234 g/mol. The summed E-state index contributed by atoms with van der Waals surface area (Å²) in [6.07, 6.45) is 7.55. The summed E-state index contributed by atoms with van der Waals surface area (Å²) in [4.78, 5) is 10.4. The summed E-state index contributed by atoms with van der Waals surface area (Å²) in [5.74, 6) is 0. The predicted octanol–water partition coefficient (Wildman–Crippen LogP) is 1.01. The van der Waals surface area contributed by atoms with E-state index in [0.717, 1.165) is 23.9 Å². The van der Waals surface area contributed by atoms with Gasteiger partial charge in [0.15, 0.2) is 5.11 Å². The van der Waals surface area contributed by atoms with Gasteiger partial charge in [-0.1, -0.05) is 0 Å². The molecule has 0 saturated carbocycles. The van der Waals surface area contributed by atoms with Crippen molar-refractivity contribution < 1.29 is 0 Å². The molecule has 1 aromatic heterocycles. The molecule has 0 aliphatic carbocycles. The number of nitrogens with zero attached hydrogens (tertiary/aromatic N) is 3. The van der Waals surface area contributed by atoms with E-state index < -0.39 is 0 Å². The average molecular weight is 251 g/mol. The van der Waals surface area contributed by atoms with Crippen molar-refractivity contribution in [3.63, 3.8) is 0 Å². The summed E-state index contributed by atoms with van der Waals surface area (Å²) >= 11 is 5.30. The standard InChI is InChI=1S/C11H17N5S/c1-9(10-8-12-4-5-13-10)14-15-11(17)16-6-2-3-7-16/h4-5,8-9,14H,2-3,6-7H2,1H3,(H,15,17). The van der Waals surface area contributed by atoms with Gasteiger partial charge < -0.3 is 4.90 Å². The predicted molar refractivity (Wildman–Crippen MR) is 70.1 cm³/mol. The Labute approximate surface area is 107 Å². The van der Waals surface area contributed by atoms with Crippen LogP contribution in [-0.2, 0) is 0 Å². The van der Waals surface area contributed by atoms with Crippen LogP contribution in [0.3, 0.4) is 0 Å². The zero-order valence-corrected chi connectivity index (χ0v) is 10.7. The molecule has 5 nitrogen and oxygen atoms in total. The monoisotopic (exact) mass is 251 g/mol. The first-order chi connectivity index (χ1) is 8.27. The number of nitrogens with one attached hydrogen (secondary N) is 2. The average Bonchev–Trinajstić information content (AvgIpc) is 2.90. The van der Waals surface area contributed by atoms with Gasteiger partial charge >= 0.3 is 0 Å². The van der Waals surface area contributed by atoms with Gasteiger partial charge in [-0.3, -0.25) is 15.4 Å². The second kappa shape index (κ2) is 5.88. The summed E-state index contributed by atoms with van der Waals surface area (Å²) in [5.41, 5.74) is 7.10. The largest absolute Gasteiger partial charge is 0.348 e. The van der Waals surface area contributed by atoms with E-state index in [-0.39, 0.29) is 6.04 Å². The molecule has 2 rings (SSSR count). The third-order valence-electron chi connectivity index (χ3n) is 2.82. The molecule has 1 saturated heterocycles. The van der Waals surface area contributed by atoms with Crippen LogP contribution >= 0.6 is 12.2 Å². The normalized spacial score (nSPS) is 16.9. The molecule has 1 fully saturated rings. The Bertz CT molecular complexity index is 363. The van der Waals surface area contributed by atoms with Crippen molar-refractivity contribution in [3.05, 3.63) is 24.3 Å². The van der Waals surface area contributed by atoms with E-state index in [4.69, 9.17) is 12.2 Å². The first-order valence-electron chi connectivity index (χ1n) is 5.84. The third kappa shape index (κ3) is 3.34. The molecule has 1 unspecified atom stereocenters. The van der Waals surface area contributed by atoms with E-state index in [2.05, 4.69) is 25.7 Å². The highest BCUT2D eigenvalue weighted by atomic mass is 32.1. The van der Waals surface area contributed by atoms with Crippen LogP contribution in [0.1, 0.15) is 31.5 Å². The maximum atomic E-state index is 5.30. The Morgan fingerprint density at radius 2 is 2.18 bits per heavy atom. The number of likely N-dealkylation sites (tertiary alicyclic amines) is 1. The van der Waals surface area contributed by atoms with Gasteiger partial charge in [0.1, 0.15) is 0 Å². The van der Waals surface area contributed by atoms with Crippen molar-refractivity contribution in [2.45, 2.75) is 25.8 Å². The Morgan fingerprint density at radius 1 is 1.41 bits per heavy atom. The molecule has 17 heavy (non-hydrogen) atoms. The van der Waals surface area contributed by atoms with Crippen LogP contribution in [0, 0.1) is 0 Å². The van der Waals surface area contributed by atoms with Crippen LogP contribution in [-0.4, -0.2) is 33.1 Å². The Morgan fingerprint density at radius 3 is 2.82 bits per heavy atom. The summed E-state index contributed by atoms with van der Waals surface area (Å²) < 4.78 is 0. The molecule has 0 radical (unpaired) electrons. The van der Waals surface area contributed by atoms with Crippen LogP contribution in [0.4, 0.5) is 0 Å². The van der Waals surface area contributed by atoms with Crippen LogP contribution in [0.5, 0.6) is 0 Å². The zero-order chi connectivity index (χ0) is 12.1. The van der Waals surface area contributed by atoms with Gasteiger partial charge in [-0.05, 0) is 32.0 Å². The van der Waals surface area contributed by atoms with Crippen molar-refractivity contribution in [1.29, 1.82) is 0 Å². The lowest BCUT2D eigenvalue weighted by molar-refractivity contribution is 0.460. The van der Waals surface area contributed by atoms with Gasteiger partial charge in [0.2, 0.25) is 0 Å². The highest BCUT2D eigenvalue weighted by molar-refractivity contribution is 7.80. The second-order valence-electron chi connectivity index (χ2n) is 4.12. The second-order valence-corrected chi connectivity index (χ2v) is 4.51. The van der Waals surface area contributed by atoms with Crippen LogP contribution < -0.4 is 10.9 Å². The number of aromatic nitrogens is 2. The zero-order valence-electron chi connectivity index (χ0n) is 9.89. The molecule has 92 valence electrons. The topological polar surface area (TPSA) is 53.1 Å². The van der Waals surface area contributed by atoms with Crippen molar-refractivity contribution in [1.82, 2.24) is 25.7 Å². The molecule has 0 spiro atoms. The Balaban J connectivity index is 1.80. The summed E-state index contributed by atoms with van der Waals surface area (Å²) in [7, 11) is 0. The fraction of sp³-hybridized carbons (Fsp3) is 0.545. The van der Waals surface area contributed by atoms with Gasteiger partial charge in [0.05, 0.1) is 17.9 Å². The number of rotatable bonds is 3. The smallest absolute Gasteiger partial charge is 0.183 e. The van der Waals surface area contributed by atoms with Crippen molar-refractivity contribution in [2.75, 3.05) is 13.1 Å². The first-order valence-corrected chi connectivity index (χ1v) is 6.24. The van der Waals surface area contributed by atoms with E-state index in [1.165, 1.54) is 12.8 Å². The maximum Gasteiger partial charge on any atom is 0.183 e. The van der Waals surface area contributed by atoms with Gasteiger partial charge in [0, 0.05) is 25.5 Å². The molecule has 0 aromatic carbocycles. The minimum Gasteiger partial charge on any atom is -0.348 e. The lowest BCUT2D eigenvalue weighted by Crippen LogP contribution is -2.46. The third-order valence-corrected chi connectivity index (χ3v) is 3.18. The summed E-state index contributed by atoms with van der Waals surface area (Å²) in [6.45, 7) is 4.11. The van der Waals surface area contributed by atoms with E-state index >= 15 is 0 Å². The van der Waals surface area contributed by atoms with Gasteiger partial charge in [-0.2, -0.15) is 0 Å². The SMILES string of the molecule is CC(NNC(=S)N1CCCC1)c1cnccn1. The molecule has 2 heterocycles. The summed E-state index contributed by atoms with van der Waals surface area (Å²) in [6, 6.07) is 0.0734. The maximum absolute atomic E-state index is 5.30. The van der Waals surface area contributed by atoms with Gasteiger partial charge in [-0.25, -0.2) is 5.43 Å². The lowest BCUT2D eigenvalue weighted by Gasteiger charge is -2.22. The quantitative estimate of drug-likeness (QED) is 0.618. The van der Waals surface area contributed by atoms with Crippen LogP contribution in [0.15, 0.2) is 18.6 Å². The Hall–Kier alpha value is -1.27. The molecule has 6 heteroatoms. The van der Waals surface area contributed by atoms with E-state index in [1.54, 1.807) is 18.6 Å². The van der Waals surface area contributed by atoms with Crippen molar-refractivity contribution in [3.8, 4) is 0 Å². The molecule has 1 aromatic rings. The fourth-order valence-corrected chi connectivity index (χ4v) is 2.02. The molecule has 0 amide bonds. The molecule has 1 aliphatic heterocycles. The van der Waals surface area contributed by atoms with Gasteiger partial charge in [0.25, 0.3) is 0 Å². The number of hydrogen-bond donors (Lipinski definition) is 2. The van der Waals surface area contributed by atoms with E-state index in [0.29, 0.717) is 0 Å². The van der Waals surface area contributed by atoms with Crippen molar-refractivity contribution >= 4 is 17.3 Å². The molecule has 2 N–H and O–H groups in total. The first kappa shape index (κ1) is 12.2. The number of hydrazine groups is 1. The number of hydrogen-bond acceptors (Lipinski definition) is 4. The minimum atomic E-state index is 0.0734. The molecule has 0 bridgehead atoms. The lowest BCUT2D eigenvalue weighted by atomic mass is 10.3. The van der Waals surface area contributed by atoms with Gasteiger partial charge in [-0.15, -0.1) is 0 Å². The number of thiocarbonyl (C=S) groups is 1. The molecule has 1 aliphatic rings. The van der Waals surface area contributed by atoms with Crippen LogP contribution in [0.2, 0.25) is 0 Å². The summed E-state index contributed by atoms with van der Waals surface area (Å²) in [5, 5.41) is 0.762. The fourth-order valence-electron chi connectivity index (χ4n) is 1.78.